The van der Waals surface area contributed by atoms with E-state index in [9.17, 15) is 0 Å². The molecular formula is C15H22N2S. The molecule has 0 aliphatic carbocycles. The van der Waals surface area contributed by atoms with Crippen molar-refractivity contribution >= 4 is 17.2 Å². The van der Waals surface area contributed by atoms with Crippen LogP contribution in [0.3, 0.4) is 0 Å². The molecule has 18 heavy (non-hydrogen) atoms. The molecule has 0 bridgehead atoms. The summed E-state index contributed by atoms with van der Waals surface area (Å²) in [6.45, 7) is 8.14. The maximum absolute atomic E-state index is 5.60. The van der Waals surface area contributed by atoms with Crippen molar-refractivity contribution in [1.82, 2.24) is 4.90 Å². The summed E-state index contributed by atoms with van der Waals surface area (Å²) in [7, 11) is 0. The Hall–Kier alpha value is -0.930. The first kappa shape index (κ1) is 13.5. The minimum absolute atomic E-state index is 0.475. The molecule has 0 saturated carbocycles. The summed E-state index contributed by atoms with van der Waals surface area (Å²) in [6.07, 6.45) is 1.34. The van der Waals surface area contributed by atoms with Crippen LogP contribution in [0.15, 0.2) is 24.3 Å². The molecule has 0 aromatic heterocycles. The molecule has 1 fully saturated rings. The molecule has 0 spiro atoms. The summed E-state index contributed by atoms with van der Waals surface area (Å²) in [5.41, 5.74) is 7.90. The Morgan fingerprint density at radius 2 is 2.06 bits per heavy atom. The van der Waals surface area contributed by atoms with Crippen molar-refractivity contribution in [3.63, 3.8) is 0 Å². The van der Waals surface area contributed by atoms with E-state index < -0.39 is 0 Å². The maximum atomic E-state index is 5.60. The normalized spacial score (nSPS) is 20.5. The summed E-state index contributed by atoms with van der Waals surface area (Å²) in [6, 6.07) is 8.32. The lowest BCUT2D eigenvalue weighted by molar-refractivity contribution is 0.297. The Bertz CT molecular complexity index is 411. The van der Waals surface area contributed by atoms with E-state index in [1.54, 1.807) is 0 Å². The minimum atomic E-state index is 0.475. The molecule has 1 unspecified atom stereocenters. The highest BCUT2D eigenvalue weighted by Gasteiger charge is 2.24. The Morgan fingerprint density at radius 3 is 2.56 bits per heavy atom. The Balaban J connectivity index is 1.92. The predicted octanol–water partition coefficient (Wildman–Crippen LogP) is 2.80. The Kier molecular flexibility index (Phi) is 4.36. The fraction of sp³-hybridized carbons (Fsp3) is 0.533. The summed E-state index contributed by atoms with van der Waals surface area (Å²) in [5, 5.41) is 0. The SMILES string of the molecule is CC(C)C1CCN(Cc2ccc(C(N)=S)cc2)C1. The average molecular weight is 262 g/mol. The van der Waals surface area contributed by atoms with Gasteiger partial charge >= 0.3 is 0 Å². The van der Waals surface area contributed by atoms with Crippen molar-refractivity contribution < 1.29 is 0 Å². The van der Waals surface area contributed by atoms with Gasteiger partial charge in [-0.15, -0.1) is 0 Å². The second-order valence-corrected chi connectivity index (χ2v) is 6.03. The van der Waals surface area contributed by atoms with Gasteiger partial charge in [0, 0.05) is 18.7 Å². The van der Waals surface area contributed by atoms with E-state index in [4.69, 9.17) is 18.0 Å². The number of nitrogens with zero attached hydrogens (tertiary/aromatic N) is 1. The number of hydrogen-bond donors (Lipinski definition) is 1. The van der Waals surface area contributed by atoms with Gasteiger partial charge in [0.25, 0.3) is 0 Å². The van der Waals surface area contributed by atoms with Crippen LogP contribution < -0.4 is 5.73 Å². The van der Waals surface area contributed by atoms with E-state index in [1.165, 1.54) is 25.1 Å². The lowest BCUT2D eigenvalue weighted by Crippen LogP contribution is -2.21. The number of thiocarbonyl (C=S) groups is 1. The topological polar surface area (TPSA) is 29.3 Å². The molecule has 1 atom stereocenters. The van der Waals surface area contributed by atoms with Gasteiger partial charge in [0.1, 0.15) is 4.99 Å². The number of rotatable bonds is 4. The van der Waals surface area contributed by atoms with Crippen LogP contribution in [-0.2, 0) is 6.54 Å². The standard InChI is InChI=1S/C15H22N2S/c1-11(2)14-7-8-17(10-14)9-12-3-5-13(6-4-12)15(16)18/h3-6,11,14H,7-10H2,1-2H3,(H2,16,18). The van der Waals surface area contributed by atoms with Gasteiger partial charge in [0.2, 0.25) is 0 Å². The molecule has 2 rings (SSSR count). The van der Waals surface area contributed by atoms with Crippen molar-refractivity contribution in [3.8, 4) is 0 Å². The van der Waals surface area contributed by atoms with Gasteiger partial charge in [-0.1, -0.05) is 50.3 Å². The summed E-state index contributed by atoms with van der Waals surface area (Å²) >= 11 is 4.96. The molecule has 3 heteroatoms. The monoisotopic (exact) mass is 262 g/mol. The van der Waals surface area contributed by atoms with E-state index in [1.807, 2.05) is 12.1 Å². The first-order chi connectivity index (χ1) is 8.56. The fourth-order valence-electron chi connectivity index (χ4n) is 2.58. The van der Waals surface area contributed by atoms with E-state index in [2.05, 4.69) is 30.9 Å². The second-order valence-electron chi connectivity index (χ2n) is 5.59. The zero-order valence-corrected chi connectivity index (χ0v) is 12.0. The van der Waals surface area contributed by atoms with Gasteiger partial charge < -0.3 is 5.73 Å². The molecular weight excluding hydrogens is 240 g/mol. The largest absolute Gasteiger partial charge is 0.389 e. The molecule has 2 nitrogen and oxygen atoms in total. The highest BCUT2D eigenvalue weighted by atomic mass is 32.1. The molecule has 2 N–H and O–H groups in total. The molecule has 1 aliphatic rings. The zero-order valence-electron chi connectivity index (χ0n) is 11.2. The van der Waals surface area contributed by atoms with Crippen LogP contribution in [0.25, 0.3) is 0 Å². The van der Waals surface area contributed by atoms with Gasteiger partial charge in [0.15, 0.2) is 0 Å². The molecule has 1 saturated heterocycles. The van der Waals surface area contributed by atoms with Crippen LogP contribution >= 0.6 is 12.2 Å². The number of hydrogen-bond acceptors (Lipinski definition) is 2. The van der Waals surface area contributed by atoms with Crippen LogP contribution in [-0.4, -0.2) is 23.0 Å². The van der Waals surface area contributed by atoms with Crippen LogP contribution in [0.5, 0.6) is 0 Å². The molecule has 1 aliphatic heterocycles. The van der Waals surface area contributed by atoms with E-state index in [-0.39, 0.29) is 0 Å². The van der Waals surface area contributed by atoms with Gasteiger partial charge in [-0.2, -0.15) is 0 Å². The lowest BCUT2D eigenvalue weighted by atomic mass is 9.95. The highest BCUT2D eigenvalue weighted by Crippen LogP contribution is 2.24. The number of likely N-dealkylation sites (tertiary alicyclic amines) is 1. The molecule has 0 amide bonds. The summed E-state index contributed by atoms with van der Waals surface area (Å²) < 4.78 is 0. The smallest absolute Gasteiger partial charge is 0.103 e. The van der Waals surface area contributed by atoms with Crippen LogP contribution in [0.1, 0.15) is 31.4 Å². The van der Waals surface area contributed by atoms with Crippen LogP contribution in [0.4, 0.5) is 0 Å². The van der Waals surface area contributed by atoms with Gasteiger partial charge in [0.05, 0.1) is 0 Å². The van der Waals surface area contributed by atoms with Crippen molar-refractivity contribution in [1.29, 1.82) is 0 Å². The van der Waals surface area contributed by atoms with Crippen molar-refractivity contribution in [3.05, 3.63) is 35.4 Å². The molecule has 0 radical (unpaired) electrons. The Morgan fingerprint density at radius 1 is 1.39 bits per heavy atom. The third-order valence-corrected chi connectivity index (χ3v) is 4.13. The first-order valence-corrected chi connectivity index (χ1v) is 7.08. The third kappa shape index (κ3) is 3.30. The summed E-state index contributed by atoms with van der Waals surface area (Å²) in [4.78, 5) is 3.02. The van der Waals surface area contributed by atoms with E-state index in [0.717, 1.165) is 23.9 Å². The maximum Gasteiger partial charge on any atom is 0.103 e. The van der Waals surface area contributed by atoms with E-state index in [0.29, 0.717) is 4.99 Å². The van der Waals surface area contributed by atoms with Gasteiger partial charge in [-0.25, -0.2) is 0 Å². The third-order valence-electron chi connectivity index (χ3n) is 3.90. The van der Waals surface area contributed by atoms with Crippen molar-refractivity contribution in [2.45, 2.75) is 26.8 Å². The molecule has 98 valence electrons. The van der Waals surface area contributed by atoms with Crippen molar-refractivity contribution in [2.75, 3.05) is 13.1 Å². The highest BCUT2D eigenvalue weighted by molar-refractivity contribution is 7.80. The van der Waals surface area contributed by atoms with Gasteiger partial charge in [-0.05, 0) is 30.4 Å². The van der Waals surface area contributed by atoms with Gasteiger partial charge in [-0.3, -0.25) is 4.90 Å². The van der Waals surface area contributed by atoms with E-state index >= 15 is 0 Å². The Labute approximate surface area is 115 Å². The van der Waals surface area contributed by atoms with Crippen LogP contribution in [0, 0.1) is 11.8 Å². The molecule has 1 aromatic rings. The summed E-state index contributed by atoms with van der Waals surface area (Å²) in [5.74, 6) is 1.66. The second kappa shape index (κ2) is 5.81. The lowest BCUT2D eigenvalue weighted by Gasteiger charge is -2.18. The first-order valence-electron chi connectivity index (χ1n) is 6.67. The quantitative estimate of drug-likeness (QED) is 0.846. The zero-order chi connectivity index (χ0) is 13.1. The number of benzene rings is 1. The van der Waals surface area contributed by atoms with Crippen molar-refractivity contribution in [2.24, 2.45) is 17.6 Å². The predicted molar refractivity (Wildman–Crippen MR) is 80.6 cm³/mol. The minimum Gasteiger partial charge on any atom is -0.389 e. The van der Waals surface area contributed by atoms with Crippen LogP contribution in [0.2, 0.25) is 0 Å². The molecule has 1 aromatic carbocycles. The molecule has 1 heterocycles. The average Bonchev–Trinajstić information content (AvgIpc) is 2.78. The fourth-order valence-corrected chi connectivity index (χ4v) is 2.72. The number of nitrogens with two attached hydrogens (primary N) is 1.